The third-order valence-corrected chi connectivity index (χ3v) is 5.72. The Bertz CT molecular complexity index is 414. The number of morpholine rings is 1. The Morgan fingerprint density at radius 2 is 1.93 bits per heavy atom. The minimum absolute atomic E-state index is 0.330. The summed E-state index contributed by atoms with van der Waals surface area (Å²) in [7, 11) is 2.27. The van der Waals surface area contributed by atoms with Crippen molar-refractivity contribution in [2.75, 3.05) is 46.4 Å². The van der Waals surface area contributed by atoms with E-state index in [0.717, 1.165) is 38.7 Å². The van der Waals surface area contributed by atoms with Crippen LogP contribution < -0.4 is 0 Å². The average Bonchev–Trinajstić information content (AvgIpc) is 2.64. The van der Waals surface area contributed by atoms with Crippen molar-refractivity contribution in [2.45, 2.75) is 85.2 Å². The van der Waals surface area contributed by atoms with Gasteiger partial charge in [0.05, 0.1) is 19.3 Å². The zero-order valence-electron chi connectivity index (χ0n) is 18.9. The molecule has 3 nitrogen and oxygen atoms in total. The maximum atomic E-state index is 6.04. The van der Waals surface area contributed by atoms with Crippen LogP contribution in [-0.4, -0.2) is 62.3 Å². The van der Waals surface area contributed by atoms with Gasteiger partial charge in [-0.25, -0.2) is 0 Å². The third-order valence-electron chi connectivity index (χ3n) is 5.72. The fraction of sp³-hybridized carbons (Fsp3) is 0.917. The average molecular weight is 379 g/mol. The predicted molar refractivity (Wildman–Crippen MR) is 118 cm³/mol. The van der Waals surface area contributed by atoms with Gasteiger partial charge in [-0.2, -0.15) is 0 Å². The molecule has 158 valence electrons. The first-order valence-electron chi connectivity index (χ1n) is 11.6. The van der Waals surface area contributed by atoms with Crippen molar-refractivity contribution in [3.63, 3.8) is 0 Å². The van der Waals surface area contributed by atoms with Gasteiger partial charge in [0.25, 0.3) is 0 Å². The Labute approximate surface area is 170 Å². The molecule has 3 atom stereocenters. The molecule has 0 spiro atoms. The molecular formula is C24H46N2O. The van der Waals surface area contributed by atoms with Gasteiger partial charge in [0, 0.05) is 32.1 Å². The molecule has 2 unspecified atom stereocenters. The Kier molecular flexibility index (Phi) is 13.9. The second-order valence-electron chi connectivity index (χ2n) is 8.58. The van der Waals surface area contributed by atoms with Crippen molar-refractivity contribution in [3.8, 4) is 11.8 Å². The number of hydrogen-bond donors (Lipinski definition) is 0. The summed E-state index contributed by atoms with van der Waals surface area (Å²) >= 11 is 0. The summed E-state index contributed by atoms with van der Waals surface area (Å²) in [6, 6.07) is 0. The number of ether oxygens (including phenoxy) is 1. The van der Waals surface area contributed by atoms with E-state index in [-0.39, 0.29) is 0 Å². The van der Waals surface area contributed by atoms with Gasteiger partial charge in [-0.15, -0.1) is 0 Å². The number of likely N-dealkylation sites (N-methyl/N-ethyl adjacent to an activating group) is 1. The molecule has 1 aliphatic heterocycles. The minimum Gasteiger partial charge on any atom is -0.374 e. The van der Waals surface area contributed by atoms with Crippen LogP contribution in [-0.2, 0) is 4.74 Å². The van der Waals surface area contributed by atoms with E-state index in [4.69, 9.17) is 4.74 Å². The smallest absolute Gasteiger partial charge is 0.0829 e. The summed E-state index contributed by atoms with van der Waals surface area (Å²) in [4.78, 5) is 4.97. The summed E-state index contributed by atoms with van der Waals surface area (Å²) in [6.07, 6.45) is 10.9. The Balaban J connectivity index is 2.31. The van der Waals surface area contributed by atoms with Crippen molar-refractivity contribution in [3.05, 3.63) is 0 Å². The molecule has 0 radical (unpaired) electrons. The van der Waals surface area contributed by atoms with Crippen LogP contribution in [0.15, 0.2) is 0 Å². The molecule has 0 aromatic heterocycles. The second kappa shape index (κ2) is 15.4. The molecule has 0 aromatic carbocycles. The molecule has 0 aromatic rings. The van der Waals surface area contributed by atoms with E-state index in [9.17, 15) is 0 Å². The van der Waals surface area contributed by atoms with E-state index in [2.05, 4.69) is 56.4 Å². The molecule has 1 rings (SSSR count). The minimum atomic E-state index is 0.330. The number of nitrogens with zero attached hydrogens (tertiary/aromatic N) is 2. The molecule has 1 heterocycles. The van der Waals surface area contributed by atoms with Gasteiger partial charge in [-0.05, 0) is 25.8 Å². The number of unbranched alkanes of at least 4 members (excludes halogenated alkanes) is 3. The highest BCUT2D eigenvalue weighted by atomic mass is 16.5. The summed E-state index contributed by atoms with van der Waals surface area (Å²) in [5.41, 5.74) is 0. The van der Waals surface area contributed by atoms with Crippen LogP contribution in [0.3, 0.4) is 0 Å². The van der Waals surface area contributed by atoms with Crippen molar-refractivity contribution in [2.24, 2.45) is 11.8 Å². The van der Waals surface area contributed by atoms with Crippen LogP contribution in [0, 0.1) is 23.7 Å². The lowest BCUT2D eigenvalue weighted by atomic mass is 9.97. The first-order valence-corrected chi connectivity index (χ1v) is 11.6. The number of rotatable bonds is 13. The maximum Gasteiger partial charge on any atom is 0.0829 e. The van der Waals surface area contributed by atoms with Gasteiger partial charge < -0.3 is 9.64 Å². The van der Waals surface area contributed by atoms with Crippen molar-refractivity contribution in [1.82, 2.24) is 9.80 Å². The van der Waals surface area contributed by atoms with E-state index >= 15 is 0 Å². The zero-order valence-corrected chi connectivity index (χ0v) is 18.9. The highest BCUT2D eigenvalue weighted by molar-refractivity contribution is 5.04. The van der Waals surface area contributed by atoms with Crippen LogP contribution in [0.1, 0.15) is 79.1 Å². The second-order valence-corrected chi connectivity index (χ2v) is 8.58. The van der Waals surface area contributed by atoms with Gasteiger partial charge in [0.2, 0.25) is 0 Å². The lowest BCUT2D eigenvalue weighted by molar-refractivity contribution is -0.0379. The lowest BCUT2D eigenvalue weighted by Crippen LogP contribution is -2.47. The van der Waals surface area contributed by atoms with E-state index in [1.54, 1.807) is 0 Å². The molecule has 0 amide bonds. The Morgan fingerprint density at radius 3 is 2.63 bits per heavy atom. The van der Waals surface area contributed by atoms with Crippen molar-refractivity contribution < 1.29 is 4.74 Å². The van der Waals surface area contributed by atoms with Crippen LogP contribution in [0.2, 0.25) is 0 Å². The highest BCUT2D eigenvalue weighted by Crippen LogP contribution is 2.16. The van der Waals surface area contributed by atoms with Crippen molar-refractivity contribution in [1.29, 1.82) is 0 Å². The van der Waals surface area contributed by atoms with Gasteiger partial charge in [0.15, 0.2) is 0 Å². The SMILES string of the molecule is CCCCCCC(CC)CN(C)C[C@@H]1CN(CC#CC(C)CCC)CCO1. The molecule has 27 heavy (non-hydrogen) atoms. The molecule has 0 bridgehead atoms. The fourth-order valence-electron chi connectivity index (χ4n) is 4.02. The van der Waals surface area contributed by atoms with Crippen LogP contribution in [0.4, 0.5) is 0 Å². The Hall–Kier alpha value is -0.560. The fourth-order valence-corrected chi connectivity index (χ4v) is 4.02. The monoisotopic (exact) mass is 378 g/mol. The van der Waals surface area contributed by atoms with Crippen molar-refractivity contribution >= 4 is 0 Å². The van der Waals surface area contributed by atoms with Gasteiger partial charge >= 0.3 is 0 Å². The topological polar surface area (TPSA) is 15.7 Å². The molecule has 3 heteroatoms. The molecule has 1 fully saturated rings. The summed E-state index contributed by atoms with van der Waals surface area (Å²) < 4.78 is 6.04. The van der Waals surface area contributed by atoms with Crippen LogP contribution >= 0.6 is 0 Å². The summed E-state index contributed by atoms with van der Waals surface area (Å²) in [5.74, 6) is 8.16. The predicted octanol–water partition coefficient (Wildman–Crippen LogP) is 5.06. The molecular weight excluding hydrogens is 332 g/mol. The van der Waals surface area contributed by atoms with E-state index in [1.165, 1.54) is 57.9 Å². The summed E-state index contributed by atoms with van der Waals surface area (Å²) in [5, 5.41) is 0. The first-order chi connectivity index (χ1) is 13.1. The molecule has 1 aliphatic rings. The van der Waals surface area contributed by atoms with Gasteiger partial charge in [-0.3, -0.25) is 4.90 Å². The maximum absolute atomic E-state index is 6.04. The molecule has 0 saturated carbocycles. The largest absolute Gasteiger partial charge is 0.374 e. The Morgan fingerprint density at radius 1 is 1.11 bits per heavy atom. The lowest BCUT2D eigenvalue weighted by Gasteiger charge is -2.34. The third kappa shape index (κ3) is 11.8. The molecule has 0 N–H and O–H groups in total. The van der Waals surface area contributed by atoms with E-state index in [1.807, 2.05) is 0 Å². The quantitative estimate of drug-likeness (QED) is 0.329. The standard InChI is InChI=1S/C24H46N2O/c1-6-9-10-11-15-23(8-3)19-25(5)20-24-21-26(17-18-27-24)16-12-14-22(4)13-7-2/h22-24H,6-11,13,15-21H2,1-5H3/t22?,23?,24-/m1/s1. The van der Waals surface area contributed by atoms with Crippen LogP contribution in [0.5, 0.6) is 0 Å². The van der Waals surface area contributed by atoms with Gasteiger partial charge in [0.1, 0.15) is 0 Å². The van der Waals surface area contributed by atoms with E-state index in [0.29, 0.717) is 12.0 Å². The molecule has 1 saturated heterocycles. The highest BCUT2D eigenvalue weighted by Gasteiger charge is 2.22. The zero-order chi connectivity index (χ0) is 19.9. The molecule has 0 aliphatic carbocycles. The first kappa shape index (κ1) is 24.5. The number of hydrogen-bond acceptors (Lipinski definition) is 3. The van der Waals surface area contributed by atoms with E-state index < -0.39 is 0 Å². The van der Waals surface area contributed by atoms with Gasteiger partial charge in [-0.1, -0.05) is 78.1 Å². The van der Waals surface area contributed by atoms with Crippen LogP contribution in [0.25, 0.3) is 0 Å². The summed E-state index contributed by atoms with van der Waals surface area (Å²) in [6.45, 7) is 15.1. The normalized spacial score (nSPS) is 20.3.